The summed E-state index contributed by atoms with van der Waals surface area (Å²) in [7, 11) is 1.79. The molecule has 0 bridgehead atoms. The maximum atomic E-state index is 13.5. The molecule has 0 aromatic heterocycles. The van der Waals surface area contributed by atoms with Gasteiger partial charge >= 0.3 is 11.9 Å². The van der Waals surface area contributed by atoms with Gasteiger partial charge in [0, 0.05) is 38.2 Å². The molecule has 2 unspecified atom stereocenters. The minimum atomic E-state index is -1.06. The lowest BCUT2D eigenvalue weighted by molar-refractivity contribution is -0.145. The summed E-state index contributed by atoms with van der Waals surface area (Å²) in [6.07, 6.45) is 0.859. The highest BCUT2D eigenvalue weighted by molar-refractivity contribution is 8.60. The van der Waals surface area contributed by atoms with Gasteiger partial charge in [-0.05, 0) is 39.5 Å². The van der Waals surface area contributed by atoms with Crippen LogP contribution in [0.25, 0.3) is 0 Å². The molecule has 2 aliphatic heterocycles. The molecule has 0 fully saturated rings. The lowest BCUT2D eigenvalue weighted by Gasteiger charge is -2.53. The molecular formula is C22H37N2O4PS. The van der Waals surface area contributed by atoms with Crippen LogP contribution in [0.1, 0.15) is 54.9 Å². The molecule has 0 N–H and O–H groups in total. The van der Waals surface area contributed by atoms with E-state index in [1.807, 2.05) is 0 Å². The number of carbonyl (C=O) groups is 2. The number of rotatable bonds is 10. The molecule has 0 aromatic carbocycles. The number of esters is 2. The van der Waals surface area contributed by atoms with Crippen molar-refractivity contribution in [3.63, 3.8) is 0 Å². The van der Waals surface area contributed by atoms with Crippen LogP contribution in [0, 0.1) is 5.41 Å². The lowest BCUT2D eigenvalue weighted by atomic mass is 9.82. The molecular weight excluding hydrogens is 419 g/mol. The van der Waals surface area contributed by atoms with Crippen LogP contribution in [0.5, 0.6) is 0 Å². The summed E-state index contributed by atoms with van der Waals surface area (Å²) in [5.41, 5.74) is 2.40. The molecule has 2 atom stereocenters. The fourth-order valence-electron chi connectivity index (χ4n) is 4.20. The molecule has 0 radical (unpaired) electrons. The van der Waals surface area contributed by atoms with Gasteiger partial charge < -0.3 is 19.3 Å². The van der Waals surface area contributed by atoms with Crippen LogP contribution < -0.4 is 0 Å². The number of ether oxygens (including phenoxy) is 2. The van der Waals surface area contributed by atoms with E-state index in [1.54, 1.807) is 11.4 Å². The summed E-state index contributed by atoms with van der Waals surface area (Å²) in [5, 5.41) is -1.06. The largest absolute Gasteiger partial charge is 0.468 e. The van der Waals surface area contributed by atoms with E-state index < -0.39 is 18.2 Å². The summed E-state index contributed by atoms with van der Waals surface area (Å²) >= 11 is 1.71. The predicted molar refractivity (Wildman–Crippen MR) is 125 cm³/mol. The van der Waals surface area contributed by atoms with Gasteiger partial charge in [-0.15, -0.1) is 0 Å². The molecule has 0 spiro atoms. The van der Waals surface area contributed by atoms with Crippen molar-refractivity contribution in [1.82, 2.24) is 9.80 Å². The van der Waals surface area contributed by atoms with Crippen molar-refractivity contribution >= 4 is 30.4 Å². The number of hydrogen-bond acceptors (Lipinski definition) is 7. The highest BCUT2D eigenvalue weighted by Crippen LogP contribution is 2.87. The van der Waals surface area contributed by atoms with Crippen LogP contribution in [-0.2, 0) is 19.1 Å². The zero-order chi connectivity index (χ0) is 22.9. The Kier molecular flexibility index (Phi) is 7.95. The molecule has 0 aliphatic carbocycles. The Bertz CT molecular complexity index is 756. The molecule has 0 saturated carbocycles. The van der Waals surface area contributed by atoms with E-state index in [2.05, 4.69) is 58.3 Å². The van der Waals surface area contributed by atoms with E-state index in [4.69, 9.17) is 9.47 Å². The van der Waals surface area contributed by atoms with Crippen molar-refractivity contribution in [1.29, 1.82) is 0 Å². The lowest BCUT2D eigenvalue weighted by Crippen LogP contribution is -2.56. The number of carbonyl (C=O) groups excluding carboxylic acids is 2. The van der Waals surface area contributed by atoms with Crippen molar-refractivity contribution in [2.24, 2.45) is 5.41 Å². The minimum absolute atomic E-state index is 0.238. The molecule has 30 heavy (non-hydrogen) atoms. The van der Waals surface area contributed by atoms with E-state index in [0.717, 1.165) is 43.2 Å². The van der Waals surface area contributed by atoms with Crippen LogP contribution in [0.2, 0.25) is 0 Å². The second kappa shape index (κ2) is 9.52. The Morgan fingerprint density at radius 1 is 0.967 bits per heavy atom. The summed E-state index contributed by atoms with van der Waals surface area (Å²) in [6.45, 7) is 18.0. The van der Waals surface area contributed by atoms with Crippen molar-refractivity contribution < 1.29 is 19.1 Å². The van der Waals surface area contributed by atoms with E-state index in [9.17, 15) is 9.59 Å². The van der Waals surface area contributed by atoms with Crippen LogP contribution in [0.3, 0.4) is 0 Å². The van der Waals surface area contributed by atoms with Crippen molar-refractivity contribution in [2.75, 3.05) is 40.4 Å². The third-order valence-corrected chi connectivity index (χ3v) is 12.0. The molecule has 8 heteroatoms. The Labute approximate surface area is 186 Å². The minimum Gasteiger partial charge on any atom is -0.468 e. The molecule has 170 valence electrons. The van der Waals surface area contributed by atoms with Gasteiger partial charge in [0.05, 0.1) is 30.9 Å². The first kappa shape index (κ1) is 25.1. The van der Waals surface area contributed by atoms with Crippen LogP contribution >= 0.6 is 18.5 Å². The van der Waals surface area contributed by atoms with Gasteiger partial charge in [0.1, 0.15) is 0 Å². The first-order valence-corrected chi connectivity index (χ1v) is 13.6. The second-order valence-corrected chi connectivity index (χ2v) is 12.0. The zero-order valence-corrected chi connectivity index (χ0v) is 21.6. The molecule has 2 heterocycles. The van der Waals surface area contributed by atoms with Gasteiger partial charge in [0.25, 0.3) is 0 Å². The third kappa shape index (κ3) is 3.46. The number of methoxy groups -OCH3 is 2. The summed E-state index contributed by atoms with van der Waals surface area (Å²) in [6, 6.07) is 0. The SMILES string of the molecule is CCN(CC)C1=C(N(CC)CC)C2(C(=O)OC)C(C(=O)OC)=C(C(C)(C)CC)SP12. The Morgan fingerprint density at radius 2 is 1.50 bits per heavy atom. The van der Waals surface area contributed by atoms with Gasteiger partial charge in [-0.2, -0.15) is 0 Å². The van der Waals surface area contributed by atoms with Gasteiger partial charge in [0.2, 0.25) is 0 Å². The summed E-state index contributed by atoms with van der Waals surface area (Å²) in [5.74, 6) is -0.765. The first-order valence-electron chi connectivity index (χ1n) is 10.8. The van der Waals surface area contributed by atoms with Crippen LogP contribution in [0.4, 0.5) is 0 Å². The normalized spacial score (nSPS) is 23.2. The zero-order valence-electron chi connectivity index (χ0n) is 19.9. The smallest absolute Gasteiger partial charge is 0.336 e. The topological polar surface area (TPSA) is 59.1 Å². The van der Waals surface area contributed by atoms with Gasteiger partial charge in [-0.25, -0.2) is 4.79 Å². The van der Waals surface area contributed by atoms with Crippen molar-refractivity contribution in [3.05, 3.63) is 21.6 Å². The van der Waals surface area contributed by atoms with Gasteiger partial charge in [-0.3, -0.25) is 4.79 Å². The van der Waals surface area contributed by atoms with Crippen molar-refractivity contribution in [3.8, 4) is 0 Å². The fraction of sp³-hybridized carbons (Fsp3) is 0.727. The third-order valence-electron chi connectivity index (χ3n) is 6.33. The summed E-state index contributed by atoms with van der Waals surface area (Å²) < 4.78 is 10.6. The van der Waals surface area contributed by atoms with Crippen LogP contribution in [0.15, 0.2) is 21.6 Å². The van der Waals surface area contributed by atoms with E-state index in [-0.39, 0.29) is 11.4 Å². The van der Waals surface area contributed by atoms with Crippen LogP contribution in [-0.4, -0.2) is 67.3 Å². The molecule has 0 saturated heterocycles. The number of allylic oxidation sites excluding steroid dienone is 1. The molecule has 6 nitrogen and oxygen atoms in total. The average molecular weight is 457 g/mol. The number of hydrogen-bond donors (Lipinski definition) is 0. The van der Waals surface area contributed by atoms with E-state index in [1.165, 1.54) is 19.7 Å². The Morgan fingerprint density at radius 3 is 1.90 bits per heavy atom. The van der Waals surface area contributed by atoms with E-state index >= 15 is 0 Å². The monoisotopic (exact) mass is 456 g/mol. The molecule has 2 aliphatic rings. The number of nitrogens with zero attached hydrogens (tertiary/aromatic N) is 2. The molecule has 0 amide bonds. The van der Waals surface area contributed by atoms with E-state index in [0.29, 0.717) is 5.57 Å². The Hall–Kier alpha value is -1.20. The Balaban J connectivity index is 2.93. The quantitative estimate of drug-likeness (QED) is 0.347. The average Bonchev–Trinajstić information content (AvgIpc) is 3.05. The standard InChI is InChI=1S/C22H37N2O4PS/c1-10-21(6,7)17-15(19(25)27-8)22(20(26)28-9)16(23(11-2)12-3)18(29(22)30-17)24(13-4)14-5/h10-14H2,1-9H3. The maximum Gasteiger partial charge on any atom is 0.336 e. The molecule has 0 aromatic rings. The first-order chi connectivity index (χ1) is 14.2. The second-order valence-electron chi connectivity index (χ2n) is 8.04. The van der Waals surface area contributed by atoms with Gasteiger partial charge in [-0.1, -0.05) is 32.2 Å². The summed E-state index contributed by atoms with van der Waals surface area (Å²) in [4.78, 5) is 32.3. The highest BCUT2D eigenvalue weighted by Gasteiger charge is 2.71. The van der Waals surface area contributed by atoms with Gasteiger partial charge in [0.15, 0.2) is 5.16 Å². The maximum absolute atomic E-state index is 13.5. The molecule has 2 rings (SSSR count). The predicted octanol–water partition coefficient (Wildman–Crippen LogP) is 4.77. The van der Waals surface area contributed by atoms with Crippen molar-refractivity contribution in [2.45, 2.75) is 60.0 Å². The highest BCUT2D eigenvalue weighted by atomic mass is 32.7. The number of fused-ring (bicyclic) bond motifs is 1. The fourth-order valence-corrected chi connectivity index (χ4v) is 11.3.